The van der Waals surface area contributed by atoms with Gasteiger partial charge in [0.15, 0.2) is 0 Å². The van der Waals surface area contributed by atoms with E-state index in [1.165, 1.54) is 4.68 Å². The second-order valence-electron chi connectivity index (χ2n) is 5.08. The Balaban J connectivity index is 0.00000121. The predicted octanol–water partition coefficient (Wildman–Crippen LogP) is 1.65. The number of aromatic nitrogens is 2. The van der Waals surface area contributed by atoms with Crippen molar-refractivity contribution in [2.45, 2.75) is 24.7 Å². The first kappa shape index (κ1) is 19.5. The average Bonchev–Trinajstić information content (AvgIpc) is 2.69. The highest BCUT2D eigenvalue weighted by molar-refractivity contribution is 7.59. The van der Waals surface area contributed by atoms with E-state index in [-0.39, 0.29) is 50.4 Å². The summed E-state index contributed by atoms with van der Waals surface area (Å²) < 4.78 is 20.7. The number of ether oxygens (including phenoxy) is 1. The molecule has 3 rings (SSSR count). The molecule has 0 spiro atoms. The summed E-state index contributed by atoms with van der Waals surface area (Å²) in [6.07, 6.45) is 0.443. The topological polar surface area (TPSA) is 73.4 Å². The smallest absolute Gasteiger partial charge is 0.325 e. The SMILES string of the molecule is O=[N+]([O-])c1cnn([C@H]2CCN(C3COC3)C[C@@H]2F)c1Cl.S.S. The molecule has 0 N–H and O–H groups in total. The zero-order valence-corrected chi connectivity index (χ0v) is 14.4. The van der Waals surface area contributed by atoms with E-state index >= 15 is 0 Å². The molecule has 11 heteroatoms. The van der Waals surface area contributed by atoms with Crippen molar-refractivity contribution >= 4 is 44.3 Å². The third-order valence-corrected chi connectivity index (χ3v) is 4.27. The quantitative estimate of drug-likeness (QED) is 0.596. The molecular weight excluding hydrogens is 355 g/mol. The molecule has 0 bridgehead atoms. The van der Waals surface area contributed by atoms with E-state index in [2.05, 4.69) is 10.00 Å². The average molecular weight is 373 g/mol. The molecule has 3 heterocycles. The van der Waals surface area contributed by atoms with Gasteiger partial charge in [-0.05, 0) is 6.42 Å². The van der Waals surface area contributed by atoms with Crippen molar-refractivity contribution < 1.29 is 14.1 Å². The molecule has 2 atom stereocenters. The predicted molar refractivity (Wildman–Crippen MR) is 89.4 cm³/mol. The largest absolute Gasteiger partial charge is 0.378 e. The summed E-state index contributed by atoms with van der Waals surface area (Å²) in [7, 11) is 0. The van der Waals surface area contributed by atoms with Gasteiger partial charge in [-0.1, -0.05) is 11.6 Å². The van der Waals surface area contributed by atoms with Gasteiger partial charge in [-0.25, -0.2) is 9.07 Å². The van der Waals surface area contributed by atoms with Crippen LogP contribution in [-0.4, -0.2) is 58.1 Å². The molecule has 0 aromatic carbocycles. The highest BCUT2D eigenvalue weighted by Gasteiger charge is 2.38. The molecular formula is C11H18ClFN4O3S2. The highest BCUT2D eigenvalue weighted by Crippen LogP contribution is 2.33. The summed E-state index contributed by atoms with van der Waals surface area (Å²) in [6, 6.07) is -0.259. The number of alkyl halides is 1. The number of rotatable bonds is 3. The standard InChI is InChI=1S/C11H14ClFN4O3.2H2S/c12-11-10(17(18)19)3-14-16(11)9-1-2-15(4-8(9)13)7-5-20-6-7;;/h3,7-9H,1-2,4-6H2;2*1H2/t8-,9-;;/m0../s1. The number of likely N-dealkylation sites (tertiary alicyclic amines) is 1. The molecule has 0 unspecified atom stereocenters. The molecule has 2 aliphatic rings. The van der Waals surface area contributed by atoms with Gasteiger partial charge in [0.2, 0.25) is 5.15 Å². The van der Waals surface area contributed by atoms with Gasteiger partial charge in [0.1, 0.15) is 12.4 Å². The summed E-state index contributed by atoms with van der Waals surface area (Å²) in [5.41, 5.74) is -0.284. The summed E-state index contributed by atoms with van der Waals surface area (Å²) in [5, 5.41) is 14.5. The Morgan fingerprint density at radius 3 is 2.59 bits per heavy atom. The van der Waals surface area contributed by atoms with E-state index < -0.39 is 17.1 Å². The first-order chi connectivity index (χ1) is 9.58. The molecule has 22 heavy (non-hydrogen) atoms. The van der Waals surface area contributed by atoms with Crippen molar-refractivity contribution in [2.24, 2.45) is 0 Å². The summed E-state index contributed by atoms with van der Waals surface area (Å²) >= 11 is 5.91. The van der Waals surface area contributed by atoms with Crippen LogP contribution in [0.3, 0.4) is 0 Å². The third-order valence-electron chi connectivity index (χ3n) is 3.90. The van der Waals surface area contributed by atoms with Gasteiger partial charge in [0.05, 0.1) is 30.2 Å². The second kappa shape index (κ2) is 7.82. The zero-order valence-electron chi connectivity index (χ0n) is 11.6. The van der Waals surface area contributed by atoms with E-state index in [9.17, 15) is 14.5 Å². The van der Waals surface area contributed by atoms with E-state index in [4.69, 9.17) is 16.3 Å². The molecule has 126 valence electrons. The van der Waals surface area contributed by atoms with Crippen LogP contribution < -0.4 is 0 Å². The Bertz CT molecular complexity index is 531. The molecule has 1 aromatic rings. The minimum atomic E-state index is -1.15. The fourth-order valence-electron chi connectivity index (χ4n) is 2.65. The summed E-state index contributed by atoms with van der Waals surface area (Å²) in [5.74, 6) is 0. The van der Waals surface area contributed by atoms with Gasteiger partial charge in [-0.3, -0.25) is 15.0 Å². The van der Waals surface area contributed by atoms with Crippen LogP contribution in [-0.2, 0) is 4.74 Å². The monoisotopic (exact) mass is 372 g/mol. The Labute approximate surface area is 145 Å². The number of nitrogens with zero attached hydrogens (tertiary/aromatic N) is 4. The minimum Gasteiger partial charge on any atom is -0.378 e. The lowest BCUT2D eigenvalue weighted by Crippen LogP contribution is -2.55. The van der Waals surface area contributed by atoms with E-state index in [0.29, 0.717) is 26.2 Å². The number of hydrogen-bond acceptors (Lipinski definition) is 5. The van der Waals surface area contributed by atoms with Crippen LogP contribution in [0, 0.1) is 10.1 Å². The van der Waals surface area contributed by atoms with E-state index in [1.54, 1.807) is 0 Å². The van der Waals surface area contributed by atoms with Crippen LogP contribution >= 0.6 is 38.6 Å². The first-order valence-electron chi connectivity index (χ1n) is 6.41. The Morgan fingerprint density at radius 2 is 2.14 bits per heavy atom. The van der Waals surface area contributed by atoms with Crippen LogP contribution in [0.15, 0.2) is 6.20 Å². The second-order valence-corrected chi connectivity index (χ2v) is 5.44. The Kier molecular flexibility index (Phi) is 6.93. The molecule has 1 aromatic heterocycles. The Hall–Kier alpha value is -0.550. The van der Waals surface area contributed by atoms with Gasteiger partial charge in [0, 0.05) is 13.1 Å². The molecule has 0 saturated carbocycles. The van der Waals surface area contributed by atoms with Crippen molar-refractivity contribution in [2.75, 3.05) is 26.3 Å². The van der Waals surface area contributed by atoms with Gasteiger partial charge in [-0.2, -0.15) is 32.1 Å². The maximum atomic E-state index is 14.3. The lowest BCUT2D eigenvalue weighted by molar-refractivity contribution is -0.384. The van der Waals surface area contributed by atoms with Gasteiger partial charge >= 0.3 is 5.69 Å². The number of halogens is 2. The lowest BCUT2D eigenvalue weighted by Gasteiger charge is -2.42. The van der Waals surface area contributed by atoms with Crippen LogP contribution in [0.1, 0.15) is 12.5 Å². The molecule has 0 amide bonds. The van der Waals surface area contributed by atoms with Gasteiger partial charge in [-0.15, -0.1) is 0 Å². The van der Waals surface area contributed by atoms with Crippen molar-refractivity contribution in [1.29, 1.82) is 0 Å². The molecule has 7 nitrogen and oxygen atoms in total. The number of piperidine rings is 1. The van der Waals surface area contributed by atoms with Crippen LogP contribution in [0.4, 0.5) is 10.1 Å². The van der Waals surface area contributed by atoms with Gasteiger partial charge in [0.25, 0.3) is 0 Å². The molecule has 2 saturated heterocycles. The van der Waals surface area contributed by atoms with Crippen LogP contribution in [0.25, 0.3) is 0 Å². The first-order valence-corrected chi connectivity index (χ1v) is 6.79. The summed E-state index contributed by atoms with van der Waals surface area (Å²) in [6.45, 7) is 2.28. The molecule has 2 fully saturated rings. The van der Waals surface area contributed by atoms with Crippen LogP contribution in [0.2, 0.25) is 5.15 Å². The van der Waals surface area contributed by atoms with Crippen molar-refractivity contribution in [3.63, 3.8) is 0 Å². The van der Waals surface area contributed by atoms with Crippen molar-refractivity contribution in [3.8, 4) is 0 Å². The zero-order chi connectivity index (χ0) is 14.3. The summed E-state index contributed by atoms with van der Waals surface area (Å²) in [4.78, 5) is 12.2. The van der Waals surface area contributed by atoms with E-state index in [0.717, 1.165) is 6.20 Å². The van der Waals surface area contributed by atoms with Crippen molar-refractivity contribution in [3.05, 3.63) is 21.5 Å². The Morgan fingerprint density at radius 1 is 1.45 bits per heavy atom. The normalized spacial score (nSPS) is 25.7. The third kappa shape index (κ3) is 3.51. The minimum absolute atomic E-state index is 0. The molecule has 2 aliphatic heterocycles. The number of hydrogen-bond donors (Lipinski definition) is 0. The fraction of sp³-hybridized carbons (Fsp3) is 0.727. The molecule has 0 aliphatic carbocycles. The van der Waals surface area contributed by atoms with Gasteiger partial charge < -0.3 is 4.74 Å². The maximum absolute atomic E-state index is 14.3. The fourth-order valence-corrected chi connectivity index (χ4v) is 2.94. The maximum Gasteiger partial charge on any atom is 0.325 e. The van der Waals surface area contributed by atoms with Crippen LogP contribution in [0.5, 0.6) is 0 Å². The van der Waals surface area contributed by atoms with Crippen molar-refractivity contribution in [1.82, 2.24) is 14.7 Å². The van der Waals surface area contributed by atoms with E-state index in [1.807, 2.05) is 0 Å². The highest BCUT2D eigenvalue weighted by atomic mass is 35.5. The lowest BCUT2D eigenvalue weighted by atomic mass is 10.0. The number of nitro groups is 1. The molecule has 0 radical (unpaired) electrons.